The van der Waals surface area contributed by atoms with E-state index in [0.717, 1.165) is 31.7 Å². The molecule has 3 aromatic rings. The van der Waals surface area contributed by atoms with Gasteiger partial charge in [-0.1, -0.05) is 24.3 Å². The Hall–Kier alpha value is -3.91. The minimum absolute atomic E-state index is 0.0690. The number of nitrogen functional groups attached to an aromatic ring is 1. The van der Waals surface area contributed by atoms with E-state index in [1.54, 1.807) is 24.3 Å². The van der Waals surface area contributed by atoms with Gasteiger partial charge in [0.1, 0.15) is 11.4 Å². The van der Waals surface area contributed by atoms with Gasteiger partial charge in [0, 0.05) is 49.8 Å². The number of carbonyl (C=O) groups excluding carboxylic acids is 1. The molecule has 8 heteroatoms. The van der Waals surface area contributed by atoms with Crippen LogP contribution in [-0.4, -0.2) is 58.9 Å². The molecule has 3 heterocycles. The molecule has 2 aliphatic rings. The quantitative estimate of drug-likeness (QED) is 0.501. The first-order valence-electron chi connectivity index (χ1n) is 10.9. The molecular formula is C25H25N5O3. The number of benzene rings is 2. The highest BCUT2D eigenvalue weighted by Gasteiger charge is 2.28. The van der Waals surface area contributed by atoms with E-state index in [9.17, 15) is 9.90 Å². The van der Waals surface area contributed by atoms with Crippen molar-refractivity contribution >= 4 is 11.7 Å². The number of anilines is 1. The van der Waals surface area contributed by atoms with E-state index < -0.39 is 0 Å². The number of phenols is 1. The fourth-order valence-electron chi connectivity index (χ4n) is 4.21. The number of nitrogens with one attached hydrogen (secondary N) is 1. The van der Waals surface area contributed by atoms with Crippen LogP contribution in [0.2, 0.25) is 0 Å². The molecule has 168 valence electrons. The van der Waals surface area contributed by atoms with Crippen molar-refractivity contribution in [2.24, 2.45) is 0 Å². The van der Waals surface area contributed by atoms with E-state index in [4.69, 9.17) is 10.5 Å². The number of ether oxygens (including phenoxy) is 1. The van der Waals surface area contributed by atoms with Crippen LogP contribution in [0.5, 0.6) is 11.5 Å². The van der Waals surface area contributed by atoms with E-state index in [0.29, 0.717) is 35.6 Å². The van der Waals surface area contributed by atoms with Crippen molar-refractivity contribution in [3.8, 4) is 22.8 Å². The van der Waals surface area contributed by atoms with Gasteiger partial charge in [-0.25, -0.2) is 0 Å². The van der Waals surface area contributed by atoms with E-state index in [-0.39, 0.29) is 17.5 Å². The topological polar surface area (TPSA) is 114 Å². The number of nitrogens with zero attached hydrogens (tertiary/aromatic N) is 3. The summed E-state index contributed by atoms with van der Waals surface area (Å²) in [6.45, 7) is 3.62. The molecule has 0 saturated heterocycles. The molecular weight excluding hydrogens is 418 g/mol. The second-order valence-electron chi connectivity index (χ2n) is 8.26. The Balaban J connectivity index is 1.18. The Morgan fingerprint density at radius 2 is 1.79 bits per heavy atom. The van der Waals surface area contributed by atoms with Gasteiger partial charge in [-0.2, -0.15) is 0 Å². The summed E-state index contributed by atoms with van der Waals surface area (Å²) in [7, 11) is 0. The van der Waals surface area contributed by atoms with E-state index in [1.165, 1.54) is 11.1 Å². The molecule has 2 aliphatic heterocycles. The van der Waals surface area contributed by atoms with Gasteiger partial charge < -0.3 is 25.8 Å². The van der Waals surface area contributed by atoms with Gasteiger partial charge in [0.05, 0.1) is 6.61 Å². The Morgan fingerprint density at radius 3 is 2.52 bits per heavy atom. The van der Waals surface area contributed by atoms with Crippen LogP contribution in [0.4, 0.5) is 5.82 Å². The number of aromatic nitrogens is 2. The van der Waals surface area contributed by atoms with Crippen molar-refractivity contribution in [2.45, 2.75) is 6.42 Å². The van der Waals surface area contributed by atoms with Crippen molar-refractivity contribution in [3.05, 3.63) is 76.9 Å². The average molecular weight is 444 g/mol. The fraction of sp³-hybridized carbons (Fsp3) is 0.240. The SMILES string of the molecule is Nc1nnc(-c2ccccc2O)cc1OCCc1ccc(C(=O)N2CC3=C(CNC3)C2)cc1. The third-order valence-corrected chi connectivity index (χ3v) is 6.04. The summed E-state index contributed by atoms with van der Waals surface area (Å²) in [5.41, 5.74) is 11.4. The van der Waals surface area contributed by atoms with Crippen molar-refractivity contribution in [2.75, 3.05) is 38.5 Å². The van der Waals surface area contributed by atoms with Crippen molar-refractivity contribution in [3.63, 3.8) is 0 Å². The second-order valence-corrected chi connectivity index (χ2v) is 8.26. The number of rotatable bonds is 6. The molecule has 5 rings (SSSR count). The fourth-order valence-corrected chi connectivity index (χ4v) is 4.21. The molecule has 0 bridgehead atoms. The van der Waals surface area contributed by atoms with Gasteiger partial charge in [-0.05, 0) is 41.0 Å². The summed E-state index contributed by atoms with van der Waals surface area (Å²) in [6, 6.07) is 16.2. The summed E-state index contributed by atoms with van der Waals surface area (Å²) in [4.78, 5) is 14.7. The van der Waals surface area contributed by atoms with Crippen LogP contribution in [0, 0.1) is 0 Å². The van der Waals surface area contributed by atoms with Gasteiger partial charge in [-0.15, -0.1) is 10.2 Å². The first-order valence-corrected chi connectivity index (χ1v) is 10.9. The molecule has 4 N–H and O–H groups in total. The zero-order valence-corrected chi connectivity index (χ0v) is 18.1. The Bertz CT molecular complexity index is 1210. The van der Waals surface area contributed by atoms with Crippen molar-refractivity contribution < 1.29 is 14.6 Å². The maximum absolute atomic E-state index is 12.8. The summed E-state index contributed by atoms with van der Waals surface area (Å²) < 4.78 is 5.85. The number of carbonyl (C=O) groups is 1. The highest BCUT2D eigenvalue weighted by atomic mass is 16.5. The number of hydrogen-bond donors (Lipinski definition) is 3. The predicted molar refractivity (Wildman–Crippen MR) is 125 cm³/mol. The van der Waals surface area contributed by atoms with Gasteiger partial charge in [-0.3, -0.25) is 4.79 Å². The third-order valence-electron chi connectivity index (χ3n) is 6.04. The Labute approximate surface area is 191 Å². The minimum Gasteiger partial charge on any atom is -0.507 e. The molecule has 0 aliphatic carbocycles. The maximum atomic E-state index is 12.8. The molecule has 33 heavy (non-hydrogen) atoms. The monoisotopic (exact) mass is 443 g/mol. The lowest BCUT2D eigenvalue weighted by Gasteiger charge is -2.18. The van der Waals surface area contributed by atoms with Crippen LogP contribution in [0.15, 0.2) is 65.7 Å². The molecule has 2 aromatic carbocycles. The number of nitrogens with two attached hydrogens (primary N) is 1. The van der Waals surface area contributed by atoms with Gasteiger partial charge in [0.2, 0.25) is 0 Å². The second kappa shape index (κ2) is 8.91. The average Bonchev–Trinajstić information content (AvgIpc) is 3.43. The number of phenolic OH excluding ortho intramolecular Hbond substituents is 1. The van der Waals surface area contributed by atoms with Crippen LogP contribution < -0.4 is 15.8 Å². The van der Waals surface area contributed by atoms with Crippen LogP contribution in [0.25, 0.3) is 11.3 Å². The molecule has 0 unspecified atom stereocenters. The molecule has 1 amide bonds. The molecule has 0 saturated carbocycles. The Morgan fingerprint density at radius 1 is 1.06 bits per heavy atom. The largest absolute Gasteiger partial charge is 0.507 e. The molecule has 0 fully saturated rings. The van der Waals surface area contributed by atoms with Crippen LogP contribution in [0.3, 0.4) is 0 Å². The number of aromatic hydroxyl groups is 1. The molecule has 8 nitrogen and oxygen atoms in total. The molecule has 0 spiro atoms. The first kappa shape index (κ1) is 21.0. The van der Waals surface area contributed by atoms with Gasteiger partial charge >= 0.3 is 0 Å². The first-order chi connectivity index (χ1) is 16.1. The van der Waals surface area contributed by atoms with Crippen molar-refractivity contribution in [1.82, 2.24) is 20.4 Å². The van der Waals surface area contributed by atoms with E-state index >= 15 is 0 Å². The summed E-state index contributed by atoms with van der Waals surface area (Å²) in [5.74, 6) is 0.790. The van der Waals surface area contributed by atoms with Gasteiger partial charge in [0.15, 0.2) is 11.6 Å². The summed E-state index contributed by atoms with van der Waals surface area (Å²) in [5, 5.41) is 21.4. The lowest BCUT2D eigenvalue weighted by Crippen LogP contribution is -2.32. The molecule has 0 radical (unpaired) electrons. The molecule has 0 atom stereocenters. The standard InChI is InChI=1S/C25H25N5O3/c26-24-23(11-21(28-29-24)20-3-1-2-4-22(20)31)33-10-9-16-5-7-17(8-6-16)25(32)30-14-18-12-27-13-19(18)15-30/h1-8,11,27,31H,9-10,12-15H2,(H2,26,29). The zero-order chi connectivity index (χ0) is 22.8. The smallest absolute Gasteiger partial charge is 0.254 e. The van der Waals surface area contributed by atoms with E-state index in [2.05, 4.69) is 15.5 Å². The number of amides is 1. The van der Waals surface area contributed by atoms with Crippen molar-refractivity contribution in [1.29, 1.82) is 0 Å². The van der Waals surface area contributed by atoms with Gasteiger partial charge in [0.25, 0.3) is 5.91 Å². The van der Waals surface area contributed by atoms with Crippen LogP contribution in [-0.2, 0) is 6.42 Å². The normalized spacial score (nSPS) is 15.1. The molecule has 1 aromatic heterocycles. The highest BCUT2D eigenvalue weighted by Crippen LogP contribution is 2.30. The lowest BCUT2D eigenvalue weighted by molar-refractivity contribution is 0.0794. The number of hydrogen-bond acceptors (Lipinski definition) is 7. The predicted octanol–water partition coefficient (Wildman–Crippen LogP) is 2.41. The summed E-state index contributed by atoms with van der Waals surface area (Å²) in [6.07, 6.45) is 0.646. The van der Waals surface area contributed by atoms with Crippen LogP contribution >= 0.6 is 0 Å². The van der Waals surface area contributed by atoms with E-state index in [1.807, 2.05) is 35.2 Å². The highest BCUT2D eigenvalue weighted by molar-refractivity contribution is 5.95. The minimum atomic E-state index is 0.0690. The lowest BCUT2D eigenvalue weighted by atomic mass is 10.1. The third kappa shape index (κ3) is 4.38. The zero-order valence-electron chi connectivity index (χ0n) is 18.1. The maximum Gasteiger partial charge on any atom is 0.254 e. The Kier molecular flexibility index (Phi) is 5.66. The van der Waals surface area contributed by atoms with Crippen LogP contribution in [0.1, 0.15) is 15.9 Å². The summed E-state index contributed by atoms with van der Waals surface area (Å²) >= 11 is 0. The number of para-hydroxylation sites is 1.